The van der Waals surface area contributed by atoms with Gasteiger partial charge in [-0.25, -0.2) is 13.6 Å². The fourth-order valence-electron chi connectivity index (χ4n) is 4.06. The van der Waals surface area contributed by atoms with Crippen molar-refractivity contribution in [3.05, 3.63) is 54.1 Å². The average molecular weight is 400 g/mol. The van der Waals surface area contributed by atoms with E-state index in [0.717, 1.165) is 25.3 Å². The molecular weight excluding hydrogens is 374 g/mol. The summed E-state index contributed by atoms with van der Waals surface area (Å²) in [6.07, 6.45) is 0. The number of amides is 2. The fourth-order valence-corrected chi connectivity index (χ4v) is 4.06. The maximum Gasteiger partial charge on any atom is 0.322 e. The molecule has 154 valence electrons. The minimum Gasteiger partial charge on any atom is -0.338 e. The van der Waals surface area contributed by atoms with Gasteiger partial charge in [0.15, 0.2) is 0 Å². The Hall–Kier alpha value is -2.67. The number of benzene rings is 2. The van der Waals surface area contributed by atoms with Crippen LogP contribution < -0.4 is 15.1 Å². The predicted molar refractivity (Wildman–Crippen MR) is 111 cm³/mol. The highest BCUT2D eigenvalue weighted by molar-refractivity contribution is 5.98. The standard InChI is InChI=1S/C22H26F2N4O/c1-15(2)12-26-13-18(14-26)25-22(29)28-10-9-27(19-6-3-16(23)4-7-19)21-11-17(24)5-8-20(21)28/h3-8,11,15,18H,9-10,12-14H2,1-2H3,(H,25,29). The molecule has 1 fully saturated rings. The van der Waals surface area contributed by atoms with Gasteiger partial charge in [-0.3, -0.25) is 9.80 Å². The molecule has 2 amide bonds. The molecule has 1 N–H and O–H groups in total. The van der Waals surface area contributed by atoms with Crippen molar-refractivity contribution >= 4 is 23.1 Å². The van der Waals surface area contributed by atoms with Crippen molar-refractivity contribution in [2.24, 2.45) is 5.92 Å². The van der Waals surface area contributed by atoms with E-state index >= 15 is 0 Å². The maximum atomic E-state index is 14.0. The Morgan fingerprint density at radius 3 is 2.41 bits per heavy atom. The molecule has 2 aliphatic rings. The smallest absolute Gasteiger partial charge is 0.322 e. The molecule has 0 radical (unpaired) electrons. The van der Waals surface area contributed by atoms with Crippen LogP contribution in [0.5, 0.6) is 0 Å². The van der Waals surface area contributed by atoms with Crippen LogP contribution in [0, 0.1) is 17.6 Å². The van der Waals surface area contributed by atoms with Crippen molar-refractivity contribution in [3.63, 3.8) is 0 Å². The zero-order chi connectivity index (χ0) is 20.5. The van der Waals surface area contributed by atoms with Gasteiger partial charge in [-0.2, -0.15) is 0 Å². The number of hydrogen-bond donors (Lipinski definition) is 1. The van der Waals surface area contributed by atoms with Crippen LogP contribution in [0.25, 0.3) is 0 Å². The third-order valence-electron chi connectivity index (χ3n) is 5.36. The summed E-state index contributed by atoms with van der Waals surface area (Å²) in [7, 11) is 0. The van der Waals surface area contributed by atoms with Crippen molar-refractivity contribution in [2.75, 3.05) is 42.5 Å². The topological polar surface area (TPSA) is 38.8 Å². The molecule has 29 heavy (non-hydrogen) atoms. The van der Waals surface area contributed by atoms with E-state index in [9.17, 15) is 13.6 Å². The lowest BCUT2D eigenvalue weighted by molar-refractivity contribution is 0.116. The molecule has 2 heterocycles. The molecule has 0 saturated carbocycles. The first-order chi connectivity index (χ1) is 13.9. The van der Waals surface area contributed by atoms with Crippen molar-refractivity contribution in [1.82, 2.24) is 10.2 Å². The van der Waals surface area contributed by atoms with E-state index in [1.165, 1.54) is 24.3 Å². The zero-order valence-electron chi connectivity index (χ0n) is 16.7. The van der Waals surface area contributed by atoms with E-state index in [4.69, 9.17) is 0 Å². The summed E-state index contributed by atoms with van der Waals surface area (Å²) in [6.45, 7) is 8.07. The number of halogens is 2. The summed E-state index contributed by atoms with van der Waals surface area (Å²) in [6, 6.07) is 10.5. The van der Waals surface area contributed by atoms with Crippen molar-refractivity contribution in [2.45, 2.75) is 19.9 Å². The molecular formula is C22H26F2N4O. The molecule has 0 aliphatic carbocycles. The van der Waals surface area contributed by atoms with Gasteiger partial charge in [0.05, 0.1) is 17.4 Å². The molecule has 2 aliphatic heterocycles. The summed E-state index contributed by atoms with van der Waals surface area (Å²) in [5.74, 6) is -0.0901. The van der Waals surface area contributed by atoms with Gasteiger partial charge in [-0.05, 0) is 48.4 Å². The molecule has 1 saturated heterocycles. The SMILES string of the molecule is CC(C)CN1CC(NC(=O)N2CCN(c3ccc(F)cc3)c3cc(F)ccc32)C1. The van der Waals surface area contributed by atoms with Gasteiger partial charge in [-0.1, -0.05) is 13.8 Å². The van der Waals surface area contributed by atoms with Crippen molar-refractivity contribution < 1.29 is 13.6 Å². The van der Waals surface area contributed by atoms with E-state index < -0.39 is 0 Å². The number of hydrogen-bond acceptors (Lipinski definition) is 3. The Balaban J connectivity index is 1.50. The molecule has 0 bridgehead atoms. The molecule has 0 aromatic heterocycles. The molecule has 0 unspecified atom stereocenters. The summed E-state index contributed by atoms with van der Waals surface area (Å²) in [4.78, 5) is 18.8. The second kappa shape index (κ2) is 7.99. The zero-order valence-corrected chi connectivity index (χ0v) is 16.7. The number of rotatable bonds is 4. The van der Waals surface area contributed by atoms with Gasteiger partial charge in [-0.15, -0.1) is 0 Å². The maximum absolute atomic E-state index is 14.0. The second-order valence-corrected chi connectivity index (χ2v) is 8.17. The average Bonchev–Trinajstić information content (AvgIpc) is 2.65. The van der Waals surface area contributed by atoms with Crippen LogP contribution in [0.15, 0.2) is 42.5 Å². The van der Waals surface area contributed by atoms with Crippen LogP contribution >= 0.6 is 0 Å². The van der Waals surface area contributed by atoms with Crippen LogP contribution in [0.2, 0.25) is 0 Å². The normalized spacial score (nSPS) is 17.3. The lowest BCUT2D eigenvalue weighted by Crippen LogP contribution is -2.62. The third kappa shape index (κ3) is 4.19. The van der Waals surface area contributed by atoms with E-state index in [0.29, 0.717) is 30.4 Å². The Kier molecular flexibility index (Phi) is 5.41. The van der Waals surface area contributed by atoms with E-state index in [2.05, 4.69) is 24.1 Å². The fraction of sp³-hybridized carbons (Fsp3) is 0.409. The van der Waals surface area contributed by atoms with Gasteiger partial charge in [0.25, 0.3) is 0 Å². The van der Waals surface area contributed by atoms with Crippen molar-refractivity contribution in [1.29, 1.82) is 0 Å². The molecule has 5 nitrogen and oxygen atoms in total. The summed E-state index contributed by atoms with van der Waals surface area (Å²) in [5, 5.41) is 3.09. The second-order valence-electron chi connectivity index (χ2n) is 8.17. The Labute approximate surface area is 169 Å². The Morgan fingerprint density at radius 2 is 1.72 bits per heavy atom. The van der Waals surface area contributed by atoms with Gasteiger partial charge in [0, 0.05) is 38.4 Å². The number of anilines is 3. The summed E-state index contributed by atoms with van der Waals surface area (Å²) < 4.78 is 27.3. The monoisotopic (exact) mass is 400 g/mol. The number of urea groups is 1. The lowest BCUT2D eigenvalue weighted by atomic mass is 10.1. The predicted octanol–water partition coefficient (Wildman–Crippen LogP) is 3.97. The van der Waals surface area contributed by atoms with E-state index in [1.807, 2.05) is 4.90 Å². The van der Waals surface area contributed by atoms with Gasteiger partial charge in [0.1, 0.15) is 11.6 Å². The quantitative estimate of drug-likeness (QED) is 0.844. The molecule has 2 aromatic carbocycles. The molecule has 4 rings (SSSR count). The van der Waals surface area contributed by atoms with Gasteiger partial charge >= 0.3 is 6.03 Å². The number of fused-ring (bicyclic) bond motifs is 1. The minimum absolute atomic E-state index is 0.139. The molecule has 7 heteroatoms. The minimum atomic E-state index is -0.374. The largest absolute Gasteiger partial charge is 0.338 e. The van der Waals surface area contributed by atoms with Crippen molar-refractivity contribution in [3.8, 4) is 0 Å². The first-order valence-electron chi connectivity index (χ1n) is 10.0. The Morgan fingerprint density at radius 1 is 1.03 bits per heavy atom. The summed E-state index contributed by atoms with van der Waals surface area (Å²) in [5.41, 5.74) is 2.02. The van der Waals surface area contributed by atoms with Crippen LogP contribution in [0.4, 0.5) is 30.6 Å². The van der Waals surface area contributed by atoms with E-state index in [-0.39, 0.29) is 23.7 Å². The highest BCUT2D eigenvalue weighted by Crippen LogP contribution is 2.38. The summed E-state index contributed by atoms with van der Waals surface area (Å²) >= 11 is 0. The van der Waals surface area contributed by atoms with Crippen LogP contribution in [0.3, 0.4) is 0 Å². The van der Waals surface area contributed by atoms with Crippen LogP contribution in [0.1, 0.15) is 13.8 Å². The molecule has 2 aromatic rings. The first-order valence-corrected chi connectivity index (χ1v) is 10.0. The van der Waals surface area contributed by atoms with Gasteiger partial charge in [0.2, 0.25) is 0 Å². The highest BCUT2D eigenvalue weighted by Gasteiger charge is 2.33. The number of likely N-dealkylation sites (tertiary alicyclic amines) is 1. The Bertz CT molecular complexity index is 881. The molecule has 0 spiro atoms. The number of carbonyl (C=O) groups excluding carboxylic acids is 1. The van der Waals surface area contributed by atoms with Crippen LogP contribution in [-0.4, -0.2) is 49.7 Å². The van der Waals surface area contributed by atoms with E-state index in [1.54, 1.807) is 23.1 Å². The number of nitrogens with zero attached hydrogens (tertiary/aromatic N) is 3. The lowest BCUT2D eigenvalue weighted by Gasteiger charge is -2.42. The molecule has 0 atom stereocenters. The first kappa shape index (κ1) is 19.6. The number of nitrogens with one attached hydrogen (secondary N) is 1. The van der Waals surface area contributed by atoms with Gasteiger partial charge < -0.3 is 10.2 Å². The third-order valence-corrected chi connectivity index (χ3v) is 5.36. The highest BCUT2D eigenvalue weighted by atomic mass is 19.1. The van der Waals surface area contributed by atoms with Crippen LogP contribution in [-0.2, 0) is 0 Å². The number of carbonyl (C=O) groups is 1.